The van der Waals surface area contributed by atoms with Gasteiger partial charge in [-0.25, -0.2) is 9.18 Å². The lowest BCUT2D eigenvalue weighted by Crippen LogP contribution is -2.23. The highest BCUT2D eigenvalue weighted by atomic mass is 19.1. The van der Waals surface area contributed by atoms with Crippen LogP contribution in [0.3, 0.4) is 0 Å². The summed E-state index contributed by atoms with van der Waals surface area (Å²) in [6, 6.07) is 11.6. The molecule has 23 heavy (non-hydrogen) atoms. The summed E-state index contributed by atoms with van der Waals surface area (Å²) in [5.41, 5.74) is 1.65. The predicted molar refractivity (Wildman–Crippen MR) is 83.5 cm³/mol. The quantitative estimate of drug-likeness (QED) is 0.822. The van der Waals surface area contributed by atoms with Gasteiger partial charge in [0.2, 0.25) is 0 Å². The van der Waals surface area contributed by atoms with E-state index in [1.165, 1.54) is 19.2 Å². The molecular formula is C17H18FNO4. The van der Waals surface area contributed by atoms with Gasteiger partial charge in [0, 0.05) is 6.54 Å². The van der Waals surface area contributed by atoms with Crippen LogP contribution in [0.5, 0.6) is 11.5 Å². The molecule has 0 aromatic heterocycles. The largest absolute Gasteiger partial charge is 0.493 e. The van der Waals surface area contributed by atoms with Crippen molar-refractivity contribution in [3.63, 3.8) is 0 Å². The number of hydrogen-bond acceptors (Lipinski definition) is 3. The number of benzene rings is 2. The van der Waals surface area contributed by atoms with Crippen molar-refractivity contribution in [1.29, 1.82) is 0 Å². The third-order valence-electron chi connectivity index (χ3n) is 3.20. The number of rotatable bonds is 7. The summed E-state index contributed by atoms with van der Waals surface area (Å²) in [7, 11) is 1.53. The van der Waals surface area contributed by atoms with E-state index in [0.717, 1.165) is 11.1 Å². The Morgan fingerprint density at radius 2 is 2.00 bits per heavy atom. The maximum Gasteiger partial charge on any atom is 0.404 e. The predicted octanol–water partition coefficient (Wildman–Crippen LogP) is 3.22. The van der Waals surface area contributed by atoms with E-state index >= 15 is 0 Å². The first-order valence-electron chi connectivity index (χ1n) is 7.09. The zero-order valence-corrected chi connectivity index (χ0v) is 12.7. The number of hydrogen-bond donors (Lipinski definition) is 2. The van der Waals surface area contributed by atoms with Crippen LogP contribution < -0.4 is 14.8 Å². The van der Waals surface area contributed by atoms with E-state index in [2.05, 4.69) is 5.32 Å². The van der Waals surface area contributed by atoms with Crippen LogP contribution in [0.2, 0.25) is 0 Å². The lowest BCUT2D eigenvalue weighted by molar-refractivity contribution is 0.194. The molecule has 0 spiro atoms. The number of nitrogens with one attached hydrogen (secondary N) is 1. The van der Waals surface area contributed by atoms with Crippen molar-refractivity contribution in [2.24, 2.45) is 0 Å². The molecule has 0 fully saturated rings. The van der Waals surface area contributed by atoms with Crippen LogP contribution in [0.4, 0.5) is 9.18 Å². The topological polar surface area (TPSA) is 67.8 Å². The van der Waals surface area contributed by atoms with Crippen molar-refractivity contribution in [3.05, 3.63) is 59.4 Å². The minimum Gasteiger partial charge on any atom is -0.493 e. The number of halogens is 1. The summed E-state index contributed by atoms with van der Waals surface area (Å²) in [6.45, 7) is 0.552. The molecule has 2 rings (SSSR count). The van der Waals surface area contributed by atoms with E-state index < -0.39 is 6.09 Å². The number of methoxy groups -OCH3 is 1. The van der Waals surface area contributed by atoms with E-state index in [1.54, 1.807) is 24.3 Å². The molecule has 0 unspecified atom stereocenters. The second kappa shape index (κ2) is 8.03. The van der Waals surface area contributed by atoms with Crippen LogP contribution in [0.1, 0.15) is 11.1 Å². The van der Waals surface area contributed by atoms with Crippen LogP contribution in [-0.4, -0.2) is 24.9 Å². The van der Waals surface area contributed by atoms with Crippen molar-refractivity contribution in [1.82, 2.24) is 5.32 Å². The molecule has 5 nitrogen and oxygen atoms in total. The number of amides is 1. The smallest absolute Gasteiger partial charge is 0.404 e. The average Bonchev–Trinajstić information content (AvgIpc) is 2.53. The van der Waals surface area contributed by atoms with Gasteiger partial charge in [0.1, 0.15) is 12.4 Å². The van der Waals surface area contributed by atoms with Crippen molar-refractivity contribution in [2.75, 3.05) is 13.7 Å². The van der Waals surface area contributed by atoms with Crippen molar-refractivity contribution >= 4 is 6.09 Å². The molecule has 0 radical (unpaired) electrons. The van der Waals surface area contributed by atoms with E-state index in [4.69, 9.17) is 14.6 Å². The molecule has 0 saturated carbocycles. The van der Waals surface area contributed by atoms with Gasteiger partial charge in [0.25, 0.3) is 0 Å². The molecule has 1 amide bonds. The van der Waals surface area contributed by atoms with Crippen molar-refractivity contribution in [2.45, 2.75) is 13.0 Å². The van der Waals surface area contributed by atoms with Crippen LogP contribution in [0, 0.1) is 5.82 Å². The lowest BCUT2D eigenvalue weighted by Gasteiger charge is -2.12. The van der Waals surface area contributed by atoms with Crippen LogP contribution in [0.15, 0.2) is 42.5 Å². The highest BCUT2D eigenvalue weighted by molar-refractivity contribution is 5.64. The van der Waals surface area contributed by atoms with Gasteiger partial charge in [-0.05, 0) is 41.8 Å². The van der Waals surface area contributed by atoms with Crippen molar-refractivity contribution < 1.29 is 23.8 Å². The standard InChI is InChI=1S/C17H18FNO4/c1-22-16-10-12(7-8-19-17(20)21)5-6-15(16)23-11-13-3-2-4-14(18)9-13/h2-6,9-10,19H,7-8,11H2,1H3,(H,20,21). The monoisotopic (exact) mass is 319 g/mol. The molecule has 0 aliphatic carbocycles. The molecule has 0 aliphatic rings. The summed E-state index contributed by atoms with van der Waals surface area (Å²) in [6.07, 6.45) is -0.501. The van der Waals surface area contributed by atoms with Gasteiger partial charge >= 0.3 is 6.09 Å². The Morgan fingerprint density at radius 3 is 2.70 bits per heavy atom. The molecule has 0 aliphatic heterocycles. The molecule has 0 saturated heterocycles. The summed E-state index contributed by atoms with van der Waals surface area (Å²) in [5.74, 6) is 0.792. The Bertz CT molecular complexity index is 675. The molecule has 2 N–H and O–H groups in total. The summed E-state index contributed by atoms with van der Waals surface area (Å²) >= 11 is 0. The molecule has 2 aromatic carbocycles. The van der Waals surface area contributed by atoms with Crippen molar-refractivity contribution in [3.8, 4) is 11.5 Å². The molecule has 2 aromatic rings. The maximum absolute atomic E-state index is 13.1. The van der Waals surface area contributed by atoms with Crippen LogP contribution in [-0.2, 0) is 13.0 Å². The van der Waals surface area contributed by atoms with E-state index in [-0.39, 0.29) is 12.4 Å². The first-order chi connectivity index (χ1) is 11.1. The third kappa shape index (κ3) is 5.18. The number of ether oxygens (including phenoxy) is 2. The molecule has 122 valence electrons. The van der Waals surface area contributed by atoms with Crippen LogP contribution >= 0.6 is 0 Å². The fraction of sp³-hybridized carbons (Fsp3) is 0.235. The molecule has 0 bridgehead atoms. The van der Waals surface area contributed by atoms with Gasteiger partial charge in [0.05, 0.1) is 7.11 Å². The zero-order valence-electron chi connectivity index (χ0n) is 12.7. The fourth-order valence-electron chi connectivity index (χ4n) is 2.09. The second-order valence-electron chi connectivity index (χ2n) is 4.89. The number of carboxylic acid groups (broad SMARTS) is 1. The third-order valence-corrected chi connectivity index (χ3v) is 3.20. The first-order valence-corrected chi connectivity index (χ1v) is 7.09. The zero-order chi connectivity index (χ0) is 16.7. The molecular weight excluding hydrogens is 301 g/mol. The fourth-order valence-corrected chi connectivity index (χ4v) is 2.09. The summed E-state index contributed by atoms with van der Waals surface area (Å²) in [5, 5.41) is 10.9. The van der Waals surface area contributed by atoms with E-state index in [1.807, 2.05) is 6.07 Å². The Balaban J connectivity index is 2.00. The maximum atomic E-state index is 13.1. The SMILES string of the molecule is COc1cc(CCNC(=O)O)ccc1OCc1cccc(F)c1. The van der Waals surface area contributed by atoms with Crippen LogP contribution in [0.25, 0.3) is 0 Å². The minimum absolute atomic E-state index is 0.230. The number of carbonyl (C=O) groups is 1. The van der Waals surface area contributed by atoms with Gasteiger partial charge < -0.3 is 19.9 Å². The van der Waals surface area contributed by atoms with E-state index in [0.29, 0.717) is 24.5 Å². The Hall–Kier alpha value is -2.76. The van der Waals surface area contributed by atoms with Gasteiger partial charge in [0.15, 0.2) is 11.5 Å². The Morgan fingerprint density at radius 1 is 1.17 bits per heavy atom. The average molecular weight is 319 g/mol. The Labute approximate surface area is 133 Å². The normalized spacial score (nSPS) is 10.2. The van der Waals surface area contributed by atoms with Gasteiger partial charge in [-0.3, -0.25) is 0 Å². The summed E-state index contributed by atoms with van der Waals surface area (Å²) < 4.78 is 24.1. The van der Waals surface area contributed by atoms with Gasteiger partial charge in [-0.1, -0.05) is 18.2 Å². The first kappa shape index (κ1) is 16.6. The summed E-state index contributed by atoms with van der Waals surface area (Å²) in [4.78, 5) is 10.4. The molecule has 0 atom stereocenters. The second-order valence-corrected chi connectivity index (χ2v) is 4.89. The molecule has 0 heterocycles. The van der Waals surface area contributed by atoms with Gasteiger partial charge in [-0.15, -0.1) is 0 Å². The minimum atomic E-state index is -1.05. The van der Waals surface area contributed by atoms with Gasteiger partial charge in [-0.2, -0.15) is 0 Å². The Kier molecular flexibility index (Phi) is 5.80. The lowest BCUT2D eigenvalue weighted by atomic mass is 10.1. The molecule has 6 heteroatoms. The highest BCUT2D eigenvalue weighted by Crippen LogP contribution is 2.29. The van der Waals surface area contributed by atoms with E-state index in [9.17, 15) is 9.18 Å². The highest BCUT2D eigenvalue weighted by Gasteiger charge is 2.07.